The second kappa shape index (κ2) is 3.88. The van der Waals surface area contributed by atoms with E-state index in [9.17, 15) is 14.4 Å². The van der Waals surface area contributed by atoms with Crippen molar-refractivity contribution in [2.24, 2.45) is 0 Å². The Hall–Kier alpha value is -1.98. The second-order valence-electron chi connectivity index (χ2n) is 3.74. The van der Waals surface area contributed by atoms with Gasteiger partial charge in [-0.1, -0.05) is 0 Å². The summed E-state index contributed by atoms with van der Waals surface area (Å²) < 4.78 is 1.26. The van der Waals surface area contributed by atoms with Crippen molar-refractivity contribution in [3.05, 3.63) is 28.4 Å². The summed E-state index contributed by atoms with van der Waals surface area (Å²) in [5, 5.41) is 2.20. The molecule has 1 N–H and O–H groups in total. The number of nitrogens with one attached hydrogen (secondary N) is 1. The molecule has 0 saturated carbocycles. The third kappa shape index (κ3) is 1.86. The SMILES string of the molecule is Cc1cc(=O)n(C2CCC(=O)NC2=O)cn1. The Kier molecular flexibility index (Phi) is 2.55. The van der Waals surface area contributed by atoms with E-state index in [0.717, 1.165) is 0 Å². The maximum Gasteiger partial charge on any atom is 0.254 e. The van der Waals surface area contributed by atoms with Gasteiger partial charge in [0, 0.05) is 18.2 Å². The third-order valence-corrected chi connectivity index (χ3v) is 2.52. The molecule has 16 heavy (non-hydrogen) atoms. The van der Waals surface area contributed by atoms with Crippen LogP contribution < -0.4 is 10.9 Å². The number of carbonyl (C=O) groups excluding carboxylic acids is 2. The van der Waals surface area contributed by atoms with Crippen molar-refractivity contribution in [1.29, 1.82) is 0 Å². The Balaban J connectivity index is 2.34. The first-order chi connectivity index (χ1) is 7.58. The highest BCUT2D eigenvalue weighted by atomic mass is 16.2. The van der Waals surface area contributed by atoms with Crippen LogP contribution in [0.4, 0.5) is 0 Å². The zero-order chi connectivity index (χ0) is 11.7. The fourth-order valence-electron chi connectivity index (χ4n) is 1.68. The van der Waals surface area contributed by atoms with Gasteiger partial charge in [-0.2, -0.15) is 0 Å². The molecule has 2 rings (SSSR count). The molecule has 1 aliphatic heterocycles. The quantitative estimate of drug-likeness (QED) is 0.650. The summed E-state index contributed by atoms with van der Waals surface area (Å²) in [5.41, 5.74) is 0.329. The summed E-state index contributed by atoms with van der Waals surface area (Å²) in [4.78, 5) is 38.1. The van der Waals surface area contributed by atoms with Crippen LogP contribution in [0.2, 0.25) is 0 Å². The zero-order valence-electron chi connectivity index (χ0n) is 8.77. The molecule has 1 aromatic rings. The Morgan fingerprint density at radius 1 is 1.44 bits per heavy atom. The van der Waals surface area contributed by atoms with Crippen molar-refractivity contribution >= 4 is 11.8 Å². The molecule has 1 saturated heterocycles. The van der Waals surface area contributed by atoms with E-state index >= 15 is 0 Å². The molecule has 0 spiro atoms. The van der Waals surface area contributed by atoms with Crippen LogP contribution in [-0.4, -0.2) is 21.4 Å². The van der Waals surface area contributed by atoms with Gasteiger partial charge in [0.1, 0.15) is 6.04 Å². The number of nitrogens with zero attached hydrogens (tertiary/aromatic N) is 2. The molecule has 2 heterocycles. The van der Waals surface area contributed by atoms with E-state index in [1.807, 2.05) is 0 Å². The summed E-state index contributed by atoms with van der Waals surface area (Å²) in [6.07, 6.45) is 1.93. The first kappa shape index (κ1) is 10.5. The van der Waals surface area contributed by atoms with Crippen molar-refractivity contribution in [3.63, 3.8) is 0 Å². The number of hydrogen-bond acceptors (Lipinski definition) is 4. The topological polar surface area (TPSA) is 81.1 Å². The van der Waals surface area contributed by atoms with Crippen LogP contribution in [-0.2, 0) is 9.59 Å². The molecule has 1 unspecified atom stereocenters. The molecule has 84 valence electrons. The van der Waals surface area contributed by atoms with Gasteiger partial charge in [0.2, 0.25) is 11.8 Å². The Morgan fingerprint density at radius 3 is 2.81 bits per heavy atom. The normalized spacial score (nSPS) is 20.7. The Bertz CT molecular complexity index is 506. The highest BCUT2D eigenvalue weighted by Crippen LogP contribution is 2.15. The lowest BCUT2D eigenvalue weighted by Crippen LogP contribution is -2.44. The standard InChI is InChI=1S/C10H11N3O3/c1-6-4-9(15)13(5-11-6)7-2-3-8(14)12-10(7)16/h4-5,7H,2-3H2,1H3,(H,12,14,16). The van der Waals surface area contributed by atoms with Crippen molar-refractivity contribution in [3.8, 4) is 0 Å². The van der Waals surface area contributed by atoms with Gasteiger partial charge in [-0.25, -0.2) is 4.98 Å². The van der Waals surface area contributed by atoms with E-state index < -0.39 is 11.9 Å². The minimum atomic E-state index is -0.627. The van der Waals surface area contributed by atoms with Gasteiger partial charge in [0.25, 0.3) is 5.56 Å². The van der Waals surface area contributed by atoms with Crippen LogP contribution in [0.1, 0.15) is 24.6 Å². The zero-order valence-corrected chi connectivity index (χ0v) is 8.77. The fourth-order valence-corrected chi connectivity index (χ4v) is 1.68. The van der Waals surface area contributed by atoms with Gasteiger partial charge < -0.3 is 0 Å². The van der Waals surface area contributed by atoms with E-state index in [1.54, 1.807) is 6.92 Å². The van der Waals surface area contributed by atoms with Gasteiger partial charge in [0.05, 0.1) is 6.33 Å². The smallest absolute Gasteiger partial charge is 0.254 e. The van der Waals surface area contributed by atoms with Crippen molar-refractivity contribution < 1.29 is 9.59 Å². The minimum absolute atomic E-state index is 0.247. The number of imide groups is 1. The molecule has 0 aromatic carbocycles. The summed E-state index contributed by atoms with van der Waals surface area (Å²) in [7, 11) is 0. The monoisotopic (exact) mass is 221 g/mol. The number of aryl methyl sites for hydroxylation is 1. The van der Waals surface area contributed by atoms with Crippen LogP contribution in [0.15, 0.2) is 17.2 Å². The van der Waals surface area contributed by atoms with E-state index in [4.69, 9.17) is 0 Å². The van der Waals surface area contributed by atoms with Gasteiger partial charge in [-0.3, -0.25) is 24.3 Å². The Morgan fingerprint density at radius 2 is 2.19 bits per heavy atom. The van der Waals surface area contributed by atoms with Crippen molar-refractivity contribution in [1.82, 2.24) is 14.9 Å². The number of aromatic nitrogens is 2. The van der Waals surface area contributed by atoms with E-state index in [0.29, 0.717) is 12.1 Å². The average molecular weight is 221 g/mol. The molecule has 6 heteroatoms. The van der Waals surface area contributed by atoms with Gasteiger partial charge in [0.15, 0.2) is 0 Å². The largest absolute Gasteiger partial charge is 0.295 e. The lowest BCUT2D eigenvalue weighted by atomic mass is 10.1. The molecule has 1 aliphatic rings. The maximum absolute atomic E-state index is 11.6. The lowest BCUT2D eigenvalue weighted by Gasteiger charge is -2.22. The molecule has 1 fully saturated rings. The second-order valence-corrected chi connectivity index (χ2v) is 3.74. The summed E-state index contributed by atoms with van der Waals surface area (Å²) in [5.74, 6) is -0.738. The lowest BCUT2D eigenvalue weighted by molar-refractivity contribution is -0.135. The average Bonchev–Trinajstić information content (AvgIpc) is 2.19. The molecule has 2 amide bonds. The Labute approximate surface area is 91.3 Å². The predicted molar refractivity (Wildman–Crippen MR) is 54.7 cm³/mol. The number of piperidine rings is 1. The van der Waals surface area contributed by atoms with E-state index in [-0.39, 0.29) is 17.9 Å². The number of carbonyl (C=O) groups is 2. The molecule has 1 atom stereocenters. The van der Waals surface area contributed by atoms with Crippen LogP contribution >= 0.6 is 0 Å². The van der Waals surface area contributed by atoms with Crippen LogP contribution in [0.3, 0.4) is 0 Å². The highest BCUT2D eigenvalue weighted by molar-refractivity contribution is 5.99. The third-order valence-electron chi connectivity index (χ3n) is 2.52. The number of rotatable bonds is 1. The van der Waals surface area contributed by atoms with Gasteiger partial charge in [-0.05, 0) is 13.3 Å². The van der Waals surface area contributed by atoms with Crippen molar-refractivity contribution in [2.75, 3.05) is 0 Å². The van der Waals surface area contributed by atoms with Crippen LogP contribution in [0, 0.1) is 6.92 Å². The predicted octanol–water partition coefficient (Wildman–Crippen LogP) is -0.471. The first-order valence-electron chi connectivity index (χ1n) is 4.96. The van der Waals surface area contributed by atoms with E-state index in [1.165, 1.54) is 17.0 Å². The summed E-state index contributed by atoms with van der Waals surface area (Å²) in [6, 6.07) is 0.738. The summed E-state index contributed by atoms with van der Waals surface area (Å²) >= 11 is 0. The summed E-state index contributed by atoms with van der Waals surface area (Å²) in [6.45, 7) is 1.70. The maximum atomic E-state index is 11.6. The molecule has 0 aliphatic carbocycles. The molecule has 6 nitrogen and oxygen atoms in total. The number of hydrogen-bond donors (Lipinski definition) is 1. The highest BCUT2D eigenvalue weighted by Gasteiger charge is 2.28. The first-order valence-corrected chi connectivity index (χ1v) is 4.96. The molecular weight excluding hydrogens is 210 g/mol. The van der Waals surface area contributed by atoms with Crippen molar-refractivity contribution in [2.45, 2.75) is 25.8 Å². The van der Waals surface area contributed by atoms with Gasteiger partial charge >= 0.3 is 0 Å². The van der Waals surface area contributed by atoms with Crippen LogP contribution in [0.25, 0.3) is 0 Å². The van der Waals surface area contributed by atoms with Crippen LogP contribution in [0.5, 0.6) is 0 Å². The fraction of sp³-hybridized carbons (Fsp3) is 0.400. The molecule has 0 bridgehead atoms. The van der Waals surface area contributed by atoms with Gasteiger partial charge in [-0.15, -0.1) is 0 Å². The minimum Gasteiger partial charge on any atom is -0.295 e. The molecule has 1 aromatic heterocycles. The number of amides is 2. The van der Waals surface area contributed by atoms with E-state index in [2.05, 4.69) is 10.3 Å². The molecular formula is C10H11N3O3. The molecule has 0 radical (unpaired) electrons.